The first kappa shape index (κ1) is 9.34. The molecule has 1 fully saturated rings. The van der Waals surface area contributed by atoms with E-state index in [0.717, 1.165) is 12.8 Å². The molecule has 65 valence electrons. The zero-order valence-electron chi connectivity index (χ0n) is 7.48. The van der Waals surface area contributed by atoms with E-state index in [9.17, 15) is 0 Å². The molecule has 0 atom stereocenters. The van der Waals surface area contributed by atoms with E-state index in [-0.39, 0.29) is 5.60 Å². The lowest BCUT2D eigenvalue weighted by molar-refractivity contribution is -0.108. The maximum absolute atomic E-state index is 5.71. The first-order chi connectivity index (χ1) is 5.07. The van der Waals surface area contributed by atoms with Crippen molar-refractivity contribution in [2.45, 2.75) is 45.6 Å². The highest BCUT2D eigenvalue weighted by Gasteiger charge is 2.42. The highest BCUT2D eigenvalue weighted by Crippen LogP contribution is 2.43. The van der Waals surface area contributed by atoms with E-state index in [1.807, 2.05) is 6.92 Å². The van der Waals surface area contributed by atoms with Gasteiger partial charge >= 0.3 is 0 Å². The van der Waals surface area contributed by atoms with Gasteiger partial charge in [0.05, 0.1) is 5.60 Å². The van der Waals surface area contributed by atoms with E-state index >= 15 is 0 Å². The molecule has 0 unspecified atom stereocenters. The number of rotatable bonds is 3. The molecule has 0 saturated heterocycles. The molecule has 1 saturated carbocycles. The normalized spacial score (nSPS) is 22.4. The molecule has 1 radical (unpaired) electrons. The van der Waals surface area contributed by atoms with E-state index in [1.54, 1.807) is 0 Å². The van der Waals surface area contributed by atoms with E-state index < -0.39 is 0 Å². The van der Waals surface area contributed by atoms with Gasteiger partial charge in [-0.05, 0) is 32.1 Å². The van der Waals surface area contributed by atoms with Crippen LogP contribution in [0.15, 0.2) is 0 Å². The van der Waals surface area contributed by atoms with Gasteiger partial charge < -0.3 is 4.74 Å². The summed E-state index contributed by atoms with van der Waals surface area (Å²) in [6.45, 7) is 6.20. The van der Waals surface area contributed by atoms with Crippen molar-refractivity contribution in [3.8, 4) is 0 Å². The highest BCUT2D eigenvalue weighted by molar-refractivity contribution is 6.25. The largest absolute Gasteiger partial charge is 0.349 e. The minimum atomic E-state index is 0.0752. The Labute approximate surface area is 74.1 Å². The van der Waals surface area contributed by atoms with Crippen LogP contribution in [0.3, 0.4) is 0 Å². The average molecular weight is 176 g/mol. The van der Waals surface area contributed by atoms with Gasteiger partial charge in [0.2, 0.25) is 0 Å². The van der Waals surface area contributed by atoms with Gasteiger partial charge in [0.25, 0.3) is 0 Å². The zero-order chi connectivity index (χ0) is 8.48. The lowest BCUT2D eigenvalue weighted by Crippen LogP contribution is -2.45. The highest BCUT2D eigenvalue weighted by atomic mass is 35.5. The first-order valence-electron chi connectivity index (χ1n) is 4.25. The van der Waals surface area contributed by atoms with Crippen LogP contribution in [0.25, 0.3) is 0 Å². The maximum atomic E-state index is 5.71. The van der Waals surface area contributed by atoms with Crippen LogP contribution in [0.2, 0.25) is 0 Å². The molecule has 1 nitrogen and oxygen atoms in total. The molecule has 0 amide bonds. The molecular weight excluding hydrogens is 160 g/mol. The fourth-order valence-corrected chi connectivity index (χ4v) is 1.76. The summed E-state index contributed by atoms with van der Waals surface area (Å²) in [5, 5.41) is 0. The van der Waals surface area contributed by atoms with Gasteiger partial charge in [-0.1, -0.05) is 25.4 Å². The Bertz CT molecular complexity index is 128. The second-order valence-electron chi connectivity index (χ2n) is 3.65. The van der Waals surface area contributed by atoms with Gasteiger partial charge in [-0.25, -0.2) is 0 Å². The van der Waals surface area contributed by atoms with Crippen LogP contribution < -0.4 is 0 Å². The van der Waals surface area contributed by atoms with Crippen molar-refractivity contribution >= 4 is 11.6 Å². The number of hydrogen-bond acceptors (Lipinski definition) is 1. The van der Waals surface area contributed by atoms with Gasteiger partial charge in [-0.15, -0.1) is 0 Å². The topological polar surface area (TPSA) is 9.23 Å². The fourth-order valence-electron chi connectivity index (χ4n) is 1.60. The van der Waals surface area contributed by atoms with Crippen molar-refractivity contribution in [3.63, 3.8) is 0 Å². The van der Waals surface area contributed by atoms with Gasteiger partial charge in [0.1, 0.15) is 0 Å². The fraction of sp³-hybridized carbons (Fsp3) is 0.889. The smallest absolute Gasteiger partial charge is 0.182 e. The third-order valence-corrected chi connectivity index (χ3v) is 2.67. The average Bonchev–Trinajstić information content (AvgIpc) is 1.77. The zero-order valence-corrected chi connectivity index (χ0v) is 8.24. The Morgan fingerprint density at radius 2 is 2.00 bits per heavy atom. The molecule has 0 aliphatic heterocycles. The van der Waals surface area contributed by atoms with Crippen molar-refractivity contribution in [1.29, 1.82) is 0 Å². The number of ether oxygens (including phenoxy) is 1. The van der Waals surface area contributed by atoms with Crippen LogP contribution >= 0.6 is 11.6 Å². The lowest BCUT2D eigenvalue weighted by atomic mass is 9.72. The van der Waals surface area contributed by atoms with E-state index in [2.05, 4.69) is 13.8 Å². The molecule has 2 heteroatoms. The van der Waals surface area contributed by atoms with Gasteiger partial charge in [-0.2, -0.15) is 0 Å². The van der Waals surface area contributed by atoms with Gasteiger partial charge in [0, 0.05) is 0 Å². The Morgan fingerprint density at radius 3 is 2.09 bits per heavy atom. The summed E-state index contributed by atoms with van der Waals surface area (Å²) in [5.41, 5.74) is 0.657. The predicted octanol–water partition coefficient (Wildman–Crippen LogP) is 3.33. The van der Waals surface area contributed by atoms with Gasteiger partial charge in [-0.3, -0.25) is 0 Å². The molecule has 1 aliphatic rings. The Balaban J connectivity index is 2.47. The van der Waals surface area contributed by atoms with Crippen LogP contribution in [0.5, 0.6) is 0 Å². The Morgan fingerprint density at radius 1 is 1.45 bits per heavy atom. The first-order valence-corrected chi connectivity index (χ1v) is 4.63. The summed E-state index contributed by atoms with van der Waals surface area (Å²) >= 11 is 5.71. The Hall–Kier alpha value is 0.250. The molecule has 1 aliphatic carbocycles. The number of hydrogen-bond donors (Lipinski definition) is 0. The Kier molecular flexibility index (Phi) is 2.82. The second kappa shape index (κ2) is 3.32. The monoisotopic (exact) mass is 175 g/mol. The minimum absolute atomic E-state index is 0.0752. The van der Waals surface area contributed by atoms with Crippen molar-refractivity contribution in [3.05, 3.63) is 5.56 Å². The molecule has 0 N–H and O–H groups in total. The molecule has 0 aromatic rings. The van der Waals surface area contributed by atoms with Crippen molar-refractivity contribution in [1.82, 2.24) is 0 Å². The lowest BCUT2D eigenvalue weighted by Gasteiger charge is -2.45. The molecule has 0 aromatic heterocycles. The van der Waals surface area contributed by atoms with Crippen molar-refractivity contribution in [2.24, 2.45) is 5.92 Å². The van der Waals surface area contributed by atoms with Crippen molar-refractivity contribution < 1.29 is 4.74 Å². The summed E-state index contributed by atoms with van der Waals surface area (Å²) in [4.78, 5) is 0. The summed E-state index contributed by atoms with van der Waals surface area (Å²) in [6.07, 6.45) is 3.60. The van der Waals surface area contributed by atoms with Crippen LogP contribution in [0.1, 0.15) is 40.0 Å². The summed E-state index contributed by atoms with van der Waals surface area (Å²) in [6, 6.07) is 0. The van der Waals surface area contributed by atoms with Gasteiger partial charge in [0.15, 0.2) is 5.56 Å². The molecule has 0 spiro atoms. The molecule has 11 heavy (non-hydrogen) atoms. The summed E-state index contributed by atoms with van der Waals surface area (Å²) < 4.78 is 5.62. The second-order valence-corrected chi connectivity index (χ2v) is 4.18. The van der Waals surface area contributed by atoms with E-state index in [0.29, 0.717) is 11.5 Å². The van der Waals surface area contributed by atoms with Crippen LogP contribution in [0.4, 0.5) is 0 Å². The number of halogens is 1. The van der Waals surface area contributed by atoms with Crippen molar-refractivity contribution in [2.75, 3.05) is 0 Å². The predicted molar refractivity (Wildman–Crippen MR) is 47.3 cm³/mol. The summed E-state index contributed by atoms with van der Waals surface area (Å²) in [7, 11) is 0. The van der Waals surface area contributed by atoms with E-state index in [4.69, 9.17) is 16.3 Å². The third kappa shape index (κ3) is 1.88. The minimum Gasteiger partial charge on any atom is -0.349 e. The molecule has 0 bridgehead atoms. The standard InChI is InChI=1S/C9H16ClO/c1-7(2)9(5-4-6-9)11-8(3)10/h7H,4-6H2,1-3H3. The van der Waals surface area contributed by atoms with Crippen LogP contribution in [0, 0.1) is 11.5 Å². The SMILES string of the molecule is C[C](Cl)OC1(C(C)C)CCC1. The van der Waals surface area contributed by atoms with E-state index in [1.165, 1.54) is 6.42 Å². The van der Waals surface area contributed by atoms with Crippen LogP contribution in [-0.2, 0) is 4.74 Å². The third-order valence-electron chi connectivity index (χ3n) is 2.60. The molecule has 1 rings (SSSR count). The van der Waals surface area contributed by atoms with Crippen LogP contribution in [-0.4, -0.2) is 5.60 Å². The molecule has 0 heterocycles. The maximum Gasteiger partial charge on any atom is 0.182 e. The molecular formula is C9H16ClO. The summed E-state index contributed by atoms with van der Waals surface area (Å²) in [5.74, 6) is 0.574. The quantitative estimate of drug-likeness (QED) is 0.640. The molecule has 0 aromatic carbocycles.